The fourth-order valence-electron chi connectivity index (χ4n) is 3.69. The average Bonchev–Trinajstić information content (AvgIpc) is 2.60. The Morgan fingerprint density at radius 2 is 1.92 bits per heavy atom. The number of hydrogen-bond donors (Lipinski definition) is 0. The molecule has 1 aliphatic carbocycles. The van der Waals surface area contributed by atoms with Crippen molar-refractivity contribution in [3.8, 4) is 0 Å². The first kappa shape index (κ1) is 20.9. The van der Waals surface area contributed by atoms with Crippen LogP contribution < -0.4 is 0 Å². The first-order valence-corrected chi connectivity index (χ1v) is 10.4. The molecule has 1 heteroatoms. The highest BCUT2D eigenvalue weighted by atomic mass is 31.0. The van der Waals surface area contributed by atoms with Crippen molar-refractivity contribution in [3.05, 3.63) is 77.4 Å². The van der Waals surface area contributed by atoms with E-state index in [1.165, 1.54) is 33.4 Å². The van der Waals surface area contributed by atoms with Crippen LogP contribution in [-0.2, 0) is 12.8 Å². The fourth-order valence-corrected chi connectivity index (χ4v) is 3.91. The van der Waals surface area contributed by atoms with Crippen LogP contribution >= 0.6 is 9.24 Å². The zero-order chi connectivity index (χ0) is 19.3. The molecule has 0 heterocycles. The van der Waals surface area contributed by atoms with Gasteiger partial charge in [0, 0.05) is 0 Å². The second-order valence-corrected chi connectivity index (χ2v) is 9.56. The molecule has 0 saturated heterocycles. The van der Waals surface area contributed by atoms with Gasteiger partial charge in [-0.05, 0) is 72.4 Å². The van der Waals surface area contributed by atoms with Gasteiger partial charge in [0.2, 0.25) is 0 Å². The Labute approximate surface area is 163 Å². The predicted molar refractivity (Wildman–Crippen MR) is 122 cm³/mol. The maximum Gasteiger partial charge on any atom is -0.00999 e. The molecule has 0 radical (unpaired) electrons. The van der Waals surface area contributed by atoms with Gasteiger partial charge in [0.15, 0.2) is 0 Å². The van der Waals surface area contributed by atoms with Crippen molar-refractivity contribution >= 4 is 14.8 Å². The molecule has 0 bridgehead atoms. The molecule has 26 heavy (non-hydrogen) atoms. The van der Waals surface area contributed by atoms with Gasteiger partial charge in [-0.1, -0.05) is 68.3 Å². The van der Waals surface area contributed by atoms with Crippen molar-refractivity contribution in [2.75, 3.05) is 0 Å². The van der Waals surface area contributed by atoms with Crippen molar-refractivity contribution < 1.29 is 0 Å². The van der Waals surface area contributed by atoms with Crippen molar-refractivity contribution in [3.63, 3.8) is 0 Å². The number of allylic oxidation sites excluding steroid dienone is 6. The van der Waals surface area contributed by atoms with Crippen molar-refractivity contribution in [2.45, 2.75) is 65.0 Å². The Bertz CT molecular complexity index is 731. The molecule has 3 atom stereocenters. The molecule has 1 aromatic carbocycles. The third-order valence-corrected chi connectivity index (χ3v) is 6.35. The highest BCUT2D eigenvalue weighted by Crippen LogP contribution is 2.39. The molecule has 0 nitrogen and oxygen atoms in total. The molecular formula is C25H35P. The first-order valence-electron chi connectivity index (χ1n) is 9.84. The Morgan fingerprint density at radius 3 is 2.54 bits per heavy atom. The Kier molecular flexibility index (Phi) is 7.24. The van der Waals surface area contributed by atoms with Crippen molar-refractivity contribution in [1.29, 1.82) is 0 Å². The summed E-state index contributed by atoms with van der Waals surface area (Å²) in [5.41, 5.74) is 8.65. The van der Waals surface area contributed by atoms with Gasteiger partial charge in [-0.15, -0.1) is 22.4 Å². The summed E-state index contributed by atoms with van der Waals surface area (Å²) in [5, 5.41) is 0.233. The van der Waals surface area contributed by atoms with Gasteiger partial charge in [-0.3, -0.25) is 0 Å². The van der Waals surface area contributed by atoms with E-state index in [2.05, 4.69) is 74.4 Å². The molecule has 3 unspecified atom stereocenters. The third kappa shape index (κ3) is 5.08. The highest BCUT2D eigenvalue weighted by molar-refractivity contribution is 7.18. The summed E-state index contributed by atoms with van der Waals surface area (Å²) in [6.07, 6.45) is 11.7. The molecule has 2 rings (SSSR count). The maximum atomic E-state index is 3.94. The van der Waals surface area contributed by atoms with E-state index in [0.717, 1.165) is 32.1 Å². The van der Waals surface area contributed by atoms with E-state index in [1.54, 1.807) is 0 Å². The second-order valence-electron chi connectivity index (χ2n) is 8.17. The second kappa shape index (κ2) is 9.01. The summed E-state index contributed by atoms with van der Waals surface area (Å²) < 4.78 is 0. The van der Waals surface area contributed by atoms with Crippen molar-refractivity contribution in [1.82, 2.24) is 0 Å². The monoisotopic (exact) mass is 366 g/mol. The van der Waals surface area contributed by atoms with E-state index >= 15 is 0 Å². The smallest absolute Gasteiger partial charge is 0.00999 e. The summed E-state index contributed by atoms with van der Waals surface area (Å²) in [6.45, 7) is 17.1. The van der Waals surface area contributed by atoms with Crippen LogP contribution in [0.4, 0.5) is 0 Å². The van der Waals surface area contributed by atoms with Crippen LogP contribution in [0.25, 0.3) is 5.57 Å². The maximum absolute atomic E-state index is 3.94. The Morgan fingerprint density at radius 1 is 1.23 bits per heavy atom. The summed E-state index contributed by atoms with van der Waals surface area (Å²) >= 11 is 0. The molecule has 140 valence electrons. The number of benzene rings is 1. The highest BCUT2D eigenvalue weighted by Gasteiger charge is 2.23. The van der Waals surface area contributed by atoms with Crippen LogP contribution in [0.2, 0.25) is 0 Å². The summed E-state index contributed by atoms with van der Waals surface area (Å²) in [4.78, 5) is 0. The largest absolute Gasteiger partial charge is 0.131 e. The molecule has 0 N–H and O–H groups in total. The third-order valence-electron chi connectivity index (χ3n) is 5.73. The SMILES string of the molecule is C=CCC1=CC(c2cc(CC=C)ccc2CC(C)(P)CC)=C(C)C(C)C1. The minimum atomic E-state index is 0.233. The Balaban J connectivity index is 2.59. The lowest BCUT2D eigenvalue weighted by Gasteiger charge is -2.28. The summed E-state index contributed by atoms with van der Waals surface area (Å²) in [6, 6.07) is 7.01. The van der Waals surface area contributed by atoms with E-state index < -0.39 is 0 Å². The minimum absolute atomic E-state index is 0.233. The van der Waals surface area contributed by atoms with Crippen LogP contribution in [0.3, 0.4) is 0 Å². The molecule has 0 amide bonds. The molecule has 0 spiro atoms. The van der Waals surface area contributed by atoms with Crippen LogP contribution in [-0.4, -0.2) is 5.16 Å². The first-order chi connectivity index (χ1) is 12.3. The number of hydrogen-bond acceptors (Lipinski definition) is 0. The lowest BCUT2D eigenvalue weighted by atomic mass is 9.79. The molecule has 0 saturated carbocycles. The van der Waals surface area contributed by atoms with Gasteiger partial charge in [0.25, 0.3) is 0 Å². The van der Waals surface area contributed by atoms with Crippen LogP contribution in [0, 0.1) is 5.92 Å². The van der Waals surface area contributed by atoms with Gasteiger partial charge in [-0.25, -0.2) is 0 Å². The quantitative estimate of drug-likeness (QED) is 0.334. The van der Waals surface area contributed by atoms with Crippen LogP contribution in [0.15, 0.2) is 60.7 Å². The van der Waals surface area contributed by atoms with Crippen molar-refractivity contribution in [2.24, 2.45) is 5.92 Å². The number of rotatable bonds is 8. The lowest BCUT2D eigenvalue weighted by molar-refractivity contribution is 0.615. The minimum Gasteiger partial charge on any atom is -0.131 e. The summed E-state index contributed by atoms with van der Waals surface area (Å²) in [5.74, 6) is 0.592. The zero-order valence-electron chi connectivity index (χ0n) is 17.1. The topological polar surface area (TPSA) is 0 Å². The van der Waals surface area contributed by atoms with Crippen LogP contribution in [0.1, 0.15) is 63.6 Å². The lowest BCUT2D eigenvalue weighted by Crippen LogP contribution is -2.19. The van der Waals surface area contributed by atoms with Gasteiger partial charge >= 0.3 is 0 Å². The normalized spacial score (nSPS) is 19.7. The molecule has 1 aliphatic rings. The Hall–Kier alpha value is -1.39. The predicted octanol–water partition coefficient (Wildman–Crippen LogP) is 7.32. The van der Waals surface area contributed by atoms with E-state index in [0.29, 0.717) is 5.92 Å². The molecule has 1 aromatic rings. The van der Waals surface area contributed by atoms with Gasteiger partial charge in [-0.2, -0.15) is 0 Å². The average molecular weight is 367 g/mol. The van der Waals surface area contributed by atoms with Gasteiger partial charge < -0.3 is 0 Å². The summed E-state index contributed by atoms with van der Waals surface area (Å²) in [7, 11) is 3.06. The molecule has 0 aromatic heterocycles. The standard InChI is InChI=1S/C25H35P/c1-7-10-20-12-13-22(17-25(6,26)9-3)24(15-20)23-16-21(11-8-2)14-18(4)19(23)5/h7-8,12-13,15-16,18H,1-2,9-11,14,17,26H2,3-6H3. The van der Waals surface area contributed by atoms with E-state index in [4.69, 9.17) is 0 Å². The molecular weight excluding hydrogens is 331 g/mol. The van der Waals surface area contributed by atoms with Crippen LogP contribution in [0.5, 0.6) is 0 Å². The molecule has 0 aliphatic heterocycles. The molecule has 0 fully saturated rings. The van der Waals surface area contributed by atoms with E-state index in [1.807, 2.05) is 12.2 Å². The van der Waals surface area contributed by atoms with E-state index in [9.17, 15) is 0 Å². The van der Waals surface area contributed by atoms with E-state index in [-0.39, 0.29) is 5.16 Å². The van der Waals surface area contributed by atoms with Gasteiger partial charge in [0.05, 0.1) is 0 Å². The van der Waals surface area contributed by atoms with Gasteiger partial charge in [0.1, 0.15) is 0 Å². The fraction of sp³-hybridized carbons (Fsp3) is 0.440. The zero-order valence-corrected chi connectivity index (χ0v) is 18.2.